The molecule has 0 aliphatic carbocycles. The Kier molecular flexibility index (Phi) is 5.09. The maximum atomic E-state index is 13.5. The van der Waals surface area contributed by atoms with Crippen molar-refractivity contribution in [2.45, 2.75) is 38.4 Å². The zero-order valence-corrected chi connectivity index (χ0v) is 11.9. The molecule has 1 saturated heterocycles. The van der Waals surface area contributed by atoms with Crippen LogP contribution in [0.4, 0.5) is 4.39 Å². The average Bonchev–Trinajstić information content (AvgIpc) is 2.46. The van der Waals surface area contributed by atoms with Crippen LogP contribution in [-0.2, 0) is 17.9 Å². The van der Waals surface area contributed by atoms with E-state index in [-0.39, 0.29) is 17.8 Å². The number of nitrogens with two attached hydrogens (primary N) is 1. The highest BCUT2D eigenvalue weighted by molar-refractivity contribution is 5.81. The number of hydrogen-bond acceptors (Lipinski definition) is 3. The molecule has 1 aromatic carbocycles. The van der Waals surface area contributed by atoms with Gasteiger partial charge < -0.3 is 11.1 Å². The van der Waals surface area contributed by atoms with Gasteiger partial charge in [0.15, 0.2) is 0 Å². The number of benzene rings is 1. The molecule has 1 unspecified atom stereocenters. The highest BCUT2D eigenvalue weighted by Gasteiger charge is 2.27. The summed E-state index contributed by atoms with van der Waals surface area (Å²) in [6, 6.07) is 4.78. The van der Waals surface area contributed by atoms with Crippen LogP contribution in [0.5, 0.6) is 0 Å². The van der Waals surface area contributed by atoms with Crippen LogP contribution in [0.3, 0.4) is 0 Å². The van der Waals surface area contributed by atoms with Crippen molar-refractivity contribution in [3.05, 3.63) is 35.1 Å². The Bertz CT molecular complexity index is 478. The number of amides is 1. The van der Waals surface area contributed by atoms with Crippen molar-refractivity contribution < 1.29 is 9.18 Å². The van der Waals surface area contributed by atoms with Gasteiger partial charge in [-0.2, -0.15) is 0 Å². The molecular weight excluding hydrogens is 257 g/mol. The Morgan fingerprint density at radius 3 is 2.85 bits per heavy atom. The van der Waals surface area contributed by atoms with Gasteiger partial charge in [0.1, 0.15) is 5.82 Å². The Balaban J connectivity index is 2.14. The molecule has 1 fully saturated rings. The lowest BCUT2D eigenvalue weighted by atomic mass is 10.00. The first-order valence-electron chi connectivity index (χ1n) is 7.08. The quantitative estimate of drug-likeness (QED) is 0.875. The minimum Gasteiger partial charge on any atom is -0.358 e. The number of carbonyl (C=O) groups is 1. The standard InChI is InChI=1S/C15H22FN3O/c1-18-15(20)14-4-2-3-5-19(14)10-12-6-11(9-17)7-13(16)8-12/h6-8,14H,2-5,9-10,17H2,1H3,(H,18,20). The number of nitrogens with zero attached hydrogens (tertiary/aromatic N) is 1. The van der Waals surface area contributed by atoms with E-state index in [0.717, 1.165) is 36.9 Å². The largest absolute Gasteiger partial charge is 0.358 e. The predicted molar refractivity (Wildman–Crippen MR) is 76.4 cm³/mol. The molecule has 0 aromatic heterocycles. The lowest BCUT2D eigenvalue weighted by Gasteiger charge is -2.34. The summed E-state index contributed by atoms with van der Waals surface area (Å²) in [5.41, 5.74) is 7.24. The zero-order chi connectivity index (χ0) is 14.5. The van der Waals surface area contributed by atoms with Crippen molar-refractivity contribution >= 4 is 5.91 Å². The second-order valence-corrected chi connectivity index (χ2v) is 5.27. The third-order valence-corrected chi connectivity index (χ3v) is 3.80. The Morgan fingerprint density at radius 2 is 2.15 bits per heavy atom. The van der Waals surface area contributed by atoms with E-state index >= 15 is 0 Å². The monoisotopic (exact) mass is 279 g/mol. The van der Waals surface area contributed by atoms with Crippen LogP contribution in [0, 0.1) is 5.82 Å². The van der Waals surface area contributed by atoms with Crippen molar-refractivity contribution in [1.82, 2.24) is 10.2 Å². The van der Waals surface area contributed by atoms with Crippen molar-refractivity contribution in [3.63, 3.8) is 0 Å². The summed E-state index contributed by atoms with van der Waals surface area (Å²) in [5, 5.41) is 2.71. The Labute approximate surface area is 119 Å². The normalized spacial score (nSPS) is 19.9. The van der Waals surface area contributed by atoms with Gasteiger partial charge in [0.2, 0.25) is 5.91 Å². The molecule has 1 aromatic rings. The van der Waals surface area contributed by atoms with E-state index in [1.54, 1.807) is 7.05 Å². The average molecular weight is 279 g/mol. The SMILES string of the molecule is CNC(=O)C1CCCCN1Cc1cc(F)cc(CN)c1. The molecule has 0 bridgehead atoms. The van der Waals surface area contributed by atoms with Crippen molar-refractivity contribution in [1.29, 1.82) is 0 Å². The van der Waals surface area contributed by atoms with Crippen LogP contribution in [0.2, 0.25) is 0 Å². The smallest absolute Gasteiger partial charge is 0.237 e. The van der Waals surface area contributed by atoms with Gasteiger partial charge in [-0.15, -0.1) is 0 Å². The number of nitrogens with one attached hydrogen (secondary N) is 1. The van der Waals surface area contributed by atoms with Gasteiger partial charge in [0.25, 0.3) is 0 Å². The fourth-order valence-electron chi connectivity index (χ4n) is 2.80. The molecule has 5 heteroatoms. The Morgan fingerprint density at radius 1 is 1.40 bits per heavy atom. The summed E-state index contributed by atoms with van der Waals surface area (Å²) in [6.45, 7) is 1.78. The van der Waals surface area contributed by atoms with Gasteiger partial charge in [0.05, 0.1) is 6.04 Å². The number of hydrogen-bond donors (Lipinski definition) is 2. The molecule has 1 aliphatic rings. The Hall–Kier alpha value is -1.46. The van der Waals surface area contributed by atoms with E-state index < -0.39 is 0 Å². The van der Waals surface area contributed by atoms with E-state index in [4.69, 9.17) is 5.73 Å². The maximum Gasteiger partial charge on any atom is 0.237 e. The van der Waals surface area contributed by atoms with Crippen molar-refractivity contribution in [2.24, 2.45) is 5.73 Å². The molecular formula is C15H22FN3O. The van der Waals surface area contributed by atoms with Crippen molar-refractivity contribution in [2.75, 3.05) is 13.6 Å². The molecule has 1 aliphatic heterocycles. The van der Waals surface area contributed by atoms with E-state index in [9.17, 15) is 9.18 Å². The van der Waals surface area contributed by atoms with Gasteiger partial charge in [-0.25, -0.2) is 4.39 Å². The number of rotatable bonds is 4. The molecule has 20 heavy (non-hydrogen) atoms. The van der Waals surface area contributed by atoms with E-state index in [2.05, 4.69) is 10.2 Å². The lowest BCUT2D eigenvalue weighted by molar-refractivity contribution is -0.127. The lowest BCUT2D eigenvalue weighted by Crippen LogP contribution is -2.48. The van der Waals surface area contributed by atoms with Gasteiger partial charge >= 0.3 is 0 Å². The minimum atomic E-state index is -0.267. The van der Waals surface area contributed by atoms with Gasteiger partial charge in [-0.1, -0.05) is 12.5 Å². The fraction of sp³-hybridized carbons (Fsp3) is 0.533. The topological polar surface area (TPSA) is 58.4 Å². The van der Waals surface area contributed by atoms with Crippen LogP contribution in [0.1, 0.15) is 30.4 Å². The third kappa shape index (κ3) is 3.55. The van der Waals surface area contributed by atoms with Crippen LogP contribution in [0.25, 0.3) is 0 Å². The summed E-state index contributed by atoms with van der Waals surface area (Å²) in [4.78, 5) is 14.0. The highest BCUT2D eigenvalue weighted by Crippen LogP contribution is 2.21. The number of piperidine rings is 1. The van der Waals surface area contributed by atoms with Crippen LogP contribution >= 0.6 is 0 Å². The molecule has 2 rings (SSSR count). The van der Waals surface area contributed by atoms with Crippen molar-refractivity contribution in [3.8, 4) is 0 Å². The summed E-state index contributed by atoms with van der Waals surface area (Å²) in [5.74, 6) is -0.225. The molecule has 1 amide bonds. The molecule has 0 spiro atoms. The summed E-state index contributed by atoms with van der Waals surface area (Å²) < 4.78 is 13.5. The zero-order valence-electron chi connectivity index (χ0n) is 11.9. The van der Waals surface area contributed by atoms with E-state index in [1.807, 2.05) is 6.07 Å². The van der Waals surface area contributed by atoms with Crippen LogP contribution < -0.4 is 11.1 Å². The summed E-state index contributed by atoms with van der Waals surface area (Å²) in [7, 11) is 1.66. The van der Waals surface area contributed by atoms with Gasteiger partial charge in [-0.05, 0) is 42.6 Å². The first-order valence-corrected chi connectivity index (χ1v) is 7.08. The third-order valence-electron chi connectivity index (χ3n) is 3.80. The minimum absolute atomic E-state index is 0.0418. The molecule has 1 heterocycles. The molecule has 1 atom stereocenters. The maximum absolute atomic E-state index is 13.5. The number of carbonyl (C=O) groups excluding carboxylic acids is 1. The number of halogens is 1. The van der Waals surface area contributed by atoms with Crippen LogP contribution in [-0.4, -0.2) is 30.4 Å². The van der Waals surface area contributed by atoms with E-state index in [1.165, 1.54) is 12.1 Å². The fourth-order valence-corrected chi connectivity index (χ4v) is 2.80. The molecule has 3 N–H and O–H groups in total. The molecule has 4 nitrogen and oxygen atoms in total. The number of likely N-dealkylation sites (N-methyl/N-ethyl adjacent to an activating group) is 1. The summed E-state index contributed by atoms with van der Waals surface area (Å²) >= 11 is 0. The molecule has 0 radical (unpaired) electrons. The second kappa shape index (κ2) is 6.81. The van der Waals surface area contributed by atoms with Gasteiger partial charge in [-0.3, -0.25) is 9.69 Å². The highest BCUT2D eigenvalue weighted by atomic mass is 19.1. The van der Waals surface area contributed by atoms with E-state index in [0.29, 0.717) is 13.1 Å². The van der Waals surface area contributed by atoms with Crippen LogP contribution in [0.15, 0.2) is 18.2 Å². The summed E-state index contributed by atoms with van der Waals surface area (Å²) in [6.07, 6.45) is 3.00. The number of likely N-dealkylation sites (tertiary alicyclic amines) is 1. The predicted octanol–water partition coefficient (Wildman–Crippen LogP) is 1.38. The molecule has 110 valence electrons. The second-order valence-electron chi connectivity index (χ2n) is 5.27. The first-order chi connectivity index (χ1) is 9.63. The first kappa shape index (κ1) is 14.9. The molecule has 0 saturated carbocycles. The van der Waals surface area contributed by atoms with Gasteiger partial charge in [0, 0.05) is 20.1 Å².